The first-order chi connectivity index (χ1) is 19.9. The van der Waals surface area contributed by atoms with Crippen LogP contribution in [0.1, 0.15) is 63.9 Å². The molecule has 0 bridgehead atoms. The summed E-state index contributed by atoms with van der Waals surface area (Å²) in [5.41, 5.74) is 4.20. The molecule has 3 fully saturated rings. The summed E-state index contributed by atoms with van der Waals surface area (Å²) in [4.78, 5) is 29.3. The van der Waals surface area contributed by atoms with Crippen molar-refractivity contribution in [1.82, 2.24) is 4.90 Å². The largest absolute Gasteiger partial charge is 0.507 e. The smallest absolute Gasteiger partial charge is 0.234 e. The van der Waals surface area contributed by atoms with E-state index in [4.69, 9.17) is 9.47 Å². The molecule has 2 aromatic rings. The molecule has 2 aromatic carbocycles. The summed E-state index contributed by atoms with van der Waals surface area (Å²) in [6, 6.07) is 15.2. The van der Waals surface area contributed by atoms with E-state index in [1.165, 1.54) is 12.0 Å². The van der Waals surface area contributed by atoms with Gasteiger partial charge in [0, 0.05) is 22.0 Å². The van der Waals surface area contributed by atoms with Crippen LogP contribution in [0.3, 0.4) is 0 Å². The van der Waals surface area contributed by atoms with Crippen LogP contribution >= 0.6 is 15.9 Å². The highest BCUT2D eigenvalue weighted by molar-refractivity contribution is 9.10. The monoisotopic (exact) mass is 619 g/mol. The van der Waals surface area contributed by atoms with Crippen molar-refractivity contribution in [3.8, 4) is 11.5 Å². The lowest BCUT2D eigenvalue weighted by molar-refractivity contribution is -0.143. The summed E-state index contributed by atoms with van der Waals surface area (Å²) >= 11 is 3.48. The second-order valence-electron chi connectivity index (χ2n) is 12.0. The lowest BCUT2D eigenvalue weighted by atomic mass is 9.69. The molecule has 41 heavy (non-hydrogen) atoms. The molecule has 6 nitrogen and oxygen atoms in total. The van der Waals surface area contributed by atoms with Crippen LogP contribution in [0.15, 0.2) is 69.7 Å². The zero-order valence-electron chi connectivity index (χ0n) is 23.6. The Morgan fingerprint density at radius 3 is 2.63 bits per heavy atom. The van der Waals surface area contributed by atoms with E-state index < -0.39 is 0 Å². The second-order valence-corrected chi connectivity index (χ2v) is 12.9. The Balaban J connectivity index is 1.25. The van der Waals surface area contributed by atoms with Gasteiger partial charge in [0.05, 0.1) is 24.5 Å². The van der Waals surface area contributed by atoms with Gasteiger partial charge in [0.2, 0.25) is 11.8 Å². The molecule has 6 rings (SSSR count). The number of carbonyl (C=O) groups excluding carboxylic acids is 2. The zero-order valence-corrected chi connectivity index (χ0v) is 25.1. The van der Waals surface area contributed by atoms with Gasteiger partial charge in [-0.2, -0.15) is 0 Å². The van der Waals surface area contributed by atoms with Crippen LogP contribution in [0.5, 0.6) is 11.5 Å². The molecule has 2 saturated heterocycles. The van der Waals surface area contributed by atoms with E-state index in [1.54, 1.807) is 11.0 Å². The molecule has 0 aromatic heterocycles. The summed E-state index contributed by atoms with van der Waals surface area (Å²) < 4.78 is 13.6. The van der Waals surface area contributed by atoms with E-state index in [0.29, 0.717) is 19.6 Å². The standard InChI is InChI=1S/C34H38BrNO5/c1-21(16-22-17-24(35)13-14-29(22)37)12-15-30-31-23(19-40-26-10-6-3-7-11-26)18-27-32(28(31)20-41-30)34(39)36(33(27)38)25-8-4-2-5-9-25/h3,6-7,10-11,13-14,16-17,25,27-28,30,32,37H,2,4-5,8-9,12,15,18-20H2,1H3/b21-16+/t27-,28+,30-,32-/m1/s1. The third-order valence-corrected chi connectivity index (χ3v) is 9.82. The van der Waals surface area contributed by atoms with Gasteiger partial charge >= 0.3 is 0 Å². The number of para-hydroxylation sites is 1. The van der Waals surface area contributed by atoms with Crippen molar-refractivity contribution in [2.24, 2.45) is 17.8 Å². The number of allylic oxidation sites excluding steroid dienone is 1. The highest BCUT2D eigenvalue weighted by Crippen LogP contribution is 2.51. The number of aromatic hydroxyl groups is 1. The number of amides is 2. The number of nitrogens with zero attached hydrogens (tertiary/aromatic N) is 1. The zero-order chi connectivity index (χ0) is 28.5. The third-order valence-electron chi connectivity index (χ3n) is 9.33. The van der Waals surface area contributed by atoms with Gasteiger partial charge in [0.25, 0.3) is 0 Å². The van der Waals surface area contributed by atoms with Crippen LogP contribution < -0.4 is 4.74 Å². The van der Waals surface area contributed by atoms with Crippen molar-refractivity contribution >= 4 is 33.8 Å². The maximum absolute atomic E-state index is 13.9. The van der Waals surface area contributed by atoms with Gasteiger partial charge in [-0.05, 0) is 80.5 Å². The number of ether oxygens (including phenoxy) is 2. The lowest BCUT2D eigenvalue weighted by Crippen LogP contribution is -2.42. The molecule has 2 amide bonds. The van der Waals surface area contributed by atoms with Crippen LogP contribution in [-0.2, 0) is 14.3 Å². The molecule has 0 radical (unpaired) electrons. The number of likely N-dealkylation sites (tertiary alicyclic amines) is 1. The molecule has 0 unspecified atom stereocenters. The first kappa shape index (κ1) is 28.2. The first-order valence-electron chi connectivity index (χ1n) is 14.9. The van der Waals surface area contributed by atoms with Crippen molar-refractivity contribution in [3.05, 3.63) is 75.3 Å². The molecule has 2 heterocycles. The SMILES string of the molecule is C/C(=C\c1cc(Br)ccc1O)CC[C@H]1OC[C@H]2C1=C(COc1ccccc1)C[C@H]1C(=O)N(C3CCCCC3)C(=O)[C@H]12. The summed E-state index contributed by atoms with van der Waals surface area (Å²) in [5, 5.41) is 10.3. The quantitative estimate of drug-likeness (QED) is 0.253. The number of phenols is 1. The van der Waals surface area contributed by atoms with E-state index >= 15 is 0 Å². The third kappa shape index (κ3) is 5.76. The molecule has 2 aliphatic carbocycles. The number of hydrogen-bond donors (Lipinski definition) is 1. The van der Waals surface area contributed by atoms with Gasteiger partial charge in [0.15, 0.2) is 0 Å². The summed E-state index contributed by atoms with van der Waals surface area (Å²) in [7, 11) is 0. The second kappa shape index (κ2) is 12.1. The van der Waals surface area contributed by atoms with E-state index in [2.05, 4.69) is 22.9 Å². The number of hydrogen-bond acceptors (Lipinski definition) is 5. The number of imide groups is 1. The molecule has 4 atom stereocenters. The highest BCUT2D eigenvalue weighted by Gasteiger charge is 2.58. The van der Waals surface area contributed by atoms with Crippen LogP contribution in [0.4, 0.5) is 0 Å². The Labute approximate surface area is 250 Å². The fourth-order valence-electron chi connectivity index (χ4n) is 7.35. The number of halogens is 1. The maximum Gasteiger partial charge on any atom is 0.234 e. The average molecular weight is 621 g/mol. The number of benzene rings is 2. The highest BCUT2D eigenvalue weighted by atomic mass is 79.9. The van der Waals surface area contributed by atoms with Crippen LogP contribution in [0.2, 0.25) is 0 Å². The number of rotatable bonds is 8. The van der Waals surface area contributed by atoms with Crippen molar-refractivity contribution in [2.75, 3.05) is 13.2 Å². The molecule has 4 aliphatic rings. The van der Waals surface area contributed by atoms with Gasteiger partial charge in [-0.3, -0.25) is 14.5 Å². The van der Waals surface area contributed by atoms with E-state index in [9.17, 15) is 14.7 Å². The van der Waals surface area contributed by atoms with Gasteiger partial charge in [0.1, 0.15) is 18.1 Å². The molecule has 216 valence electrons. The van der Waals surface area contributed by atoms with E-state index in [-0.39, 0.29) is 47.5 Å². The van der Waals surface area contributed by atoms with Crippen LogP contribution in [0.25, 0.3) is 6.08 Å². The van der Waals surface area contributed by atoms with Crippen LogP contribution in [0, 0.1) is 17.8 Å². The number of fused-ring (bicyclic) bond motifs is 3. The fraction of sp³-hybridized carbons (Fsp3) is 0.471. The molecular weight excluding hydrogens is 582 g/mol. The predicted molar refractivity (Wildman–Crippen MR) is 161 cm³/mol. The number of carbonyl (C=O) groups is 2. The number of phenolic OH excluding ortho intramolecular Hbond substituents is 1. The van der Waals surface area contributed by atoms with Crippen molar-refractivity contribution in [2.45, 2.75) is 70.4 Å². The van der Waals surface area contributed by atoms with Gasteiger partial charge < -0.3 is 14.6 Å². The molecule has 1 saturated carbocycles. The van der Waals surface area contributed by atoms with Crippen molar-refractivity contribution in [3.63, 3.8) is 0 Å². The van der Waals surface area contributed by atoms with E-state index in [0.717, 1.165) is 65.5 Å². The Kier molecular flexibility index (Phi) is 8.36. The van der Waals surface area contributed by atoms with E-state index in [1.807, 2.05) is 48.5 Å². The summed E-state index contributed by atoms with van der Waals surface area (Å²) in [6.45, 7) is 2.92. The van der Waals surface area contributed by atoms with Crippen LogP contribution in [-0.4, -0.2) is 47.2 Å². The summed E-state index contributed by atoms with van der Waals surface area (Å²) in [5.74, 6) is 0.327. The fourth-order valence-corrected chi connectivity index (χ4v) is 7.73. The molecule has 1 N–H and O–H groups in total. The molecular formula is C34H38BrNO5. The Morgan fingerprint density at radius 2 is 1.85 bits per heavy atom. The van der Waals surface area contributed by atoms with Gasteiger partial charge in [-0.25, -0.2) is 0 Å². The predicted octanol–water partition coefficient (Wildman–Crippen LogP) is 7.07. The lowest BCUT2D eigenvalue weighted by Gasteiger charge is -2.32. The normalized spacial score (nSPS) is 26.9. The first-order valence-corrected chi connectivity index (χ1v) is 15.7. The Bertz CT molecular complexity index is 1360. The minimum Gasteiger partial charge on any atom is -0.507 e. The average Bonchev–Trinajstić information content (AvgIpc) is 3.51. The van der Waals surface area contributed by atoms with Crippen molar-refractivity contribution < 1.29 is 24.2 Å². The topological polar surface area (TPSA) is 76.1 Å². The minimum absolute atomic E-state index is 0.0132. The molecule has 7 heteroatoms. The molecule has 0 spiro atoms. The van der Waals surface area contributed by atoms with Gasteiger partial charge in [-0.15, -0.1) is 0 Å². The maximum atomic E-state index is 13.9. The molecule has 2 aliphatic heterocycles. The van der Waals surface area contributed by atoms with Gasteiger partial charge in [-0.1, -0.05) is 65.0 Å². The summed E-state index contributed by atoms with van der Waals surface area (Å²) in [6.07, 6.45) is 9.18. The Morgan fingerprint density at radius 1 is 1.07 bits per heavy atom. The Hall–Kier alpha value is -2.90. The van der Waals surface area contributed by atoms with Crippen molar-refractivity contribution in [1.29, 1.82) is 0 Å². The minimum atomic E-state index is -0.333.